The predicted molar refractivity (Wildman–Crippen MR) is 303 cm³/mol. The molecule has 0 spiro atoms. The summed E-state index contributed by atoms with van der Waals surface area (Å²) in [7, 11) is -3.09. The second-order valence-electron chi connectivity index (χ2n) is 21.3. The molecule has 0 fully saturated rings. The molecule has 0 N–H and O–H groups in total. The molecule has 4 heteroatoms. The number of para-hydroxylation sites is 1. The van der Waals surface area contributed by atoms with Crippen LogP contribution in [-0.2, 0) is 0 Å². The van der Waals surface area contributed by atoms with Gasteiger partial charge in [-0.1, -0.05) is 238 Å². The summed E-state index contributed by atoms with van der Waals surface area (Å²) >= 11 is 0. The molecule has 7 aromatic rings. The van der Waals surface area contributed by atoms with Gasteiger partial charge >= 0.3 is 0 Å². The summed E-state index contributed by atoms with van der Waals surface area (Å²) in [5.74, 6) is 0.971. The summed E-state index contributed by atoms with van der Waals surface area (Å²) in [5, 5.41) is 6.15. The van der Waals surface area contributed by atoms with Gasteiger partial charge in [0.2, 0.25) is 13.4 Å². The molecule has 68 heavy (non-hydrogen) atoms. The van der Waals surface area contributed by atoms with E-state index in [-0.39, 0.29) is 13.4 Å². The molecule has 3 aliphatic heterocycles. The van der Waals surface area contributed by atoms with Gasteiger partial charge in [0, 0.05) is 17.1 Å². The molecule has 0 saturated carbocycles. The summed E-state index contributed by atoms with van der Waals surface area (Å²) in [6, 6.07) is 52.3. The molecule has 0 amide bonds. The number of anilines is 3. The van der Waals surface area contributed by atoms with Crippen LogP contribution < -0.4 is 58.4 Å². The van der Waals surface area contributed by atoms with Gasteiger partial charge in [-0.2, -0.15) is 0 Å². The Balaban J connectivity index is 1.44. The molecule has 2 unspecified atom stereocenters. The van der Waals surface area contributed by atoms with Crippen LogP contribution in [0.15, 0.2) is 127 Å². The van der Waals surface area contributed by atoms with Crippen molar-refractivity contribution in [3.05, 3.63) is 172 Å². The van der Waals surface area contributed by atoms with Crippen LogP contribution in [0.2, 0.25) is 0 Å². The van der Waals surface area contributed by atoms with Crippen molar-refractivity contribution in [1.29, 1.82) is 0 Å². The summed E-state index contributed by atoms with van der Waals surface area (Å²) in [4.78, 5) is 2.88. The van der Waals surface area contributed by atoms with Crippen molar-refractivity contribution >= 4 is 92.1 Å². The van der Waals surface area contributed by atoms with Crippen LogP contribution in [0, 0.1) is 41.5 Å². The Bertz CT molecular complexity index is 2760. The zero-order valence-corrected chi connectivity index (χ0v) is 44.0. The van der Waals surface area contributed by atoms with Crippen LogP contribution in [0.1, 0.15) is 148 Å². The van der Waals surface area contributed by atoms with Gasteiger partial charge in [-0.05, 0) is 133 Å². The molecule has 10 rings (SSSR count). The third-order valence-electron chi connectivity index (χ3n) is 16.9. The van der Waals surface area contributed by atoms with Crippen LogP contribution in [0.3, 0.4) is 0 Å². The molecular weight excluding hydrogens is 832 g/mol. The molecule has 7 aromatic carbocycles. The van der Waals surface area contributed by atoms with Crippen molar-refractivity contribution in [1.82, 2.24) is 0 Å². The Morgan fingerprint density at radius 3 is 1.19 bits per heavy atom. The van der Waals surface area contributed by atoms with Crippen molar-refractivity contribution in [2.24, 2.45) is 0 Å². The maximum absolute atomic E-state index is 3.09. The van der Waals surface area contributed by atoms with Gasteiger partial charge in [0.15, 0.2) is 8.07 Å². The number of hydrogen-bond acceptors (Lipinski definition) is 1. The monoisotopic (exact) mass is 906 g/mol. The number of benzene rings is 7. The minimum absolute atomic E-state index is 0.0909. The van der Waals surface area contributed by atoms with E-state index < -0.39 is 8.07 Å². The predicted octanol–water partition coefficient (Wildman–Crippen LogP) is 10.5. The van der Waals surface area contributed by atoms with E-state index in [0.29, 0.717) is 11.8 Å². The van der Waals surface area contributed by atoms with Gasteiger partial charge in [0.1, 0.15) is 0 Å². The van der Waals surface area contributed by atoms with Gasteiger partial charge in [-0.15, -0.1) is 0 Å². The lowest BCUT2D eigenvalue weighted by atomic mass is 9.29. The van der Waals surface area contributed by atoms with Gasteiger partial charge in [0.05, 0.1) is 0 Å². The van der Waals surface area contributed by atoms with E-state index in [1.54, 1.807) is 21.5 Å². The molecule has 3 aliphatic rings. The summed E-state index contributed by atoms with van der Waals surface area (Å²) in [6.45, 7) is 23.9. The fourth-order valence-corrected chi connectivity index (χ4v) is 19.3. The minimum atomic E-state index is -3.09. The number of unbranched alkanes of at least 4 members (excludes halogenated alkanes) is 4. The standard InChI is InChI=1S/C64H73B2NSi/c1-11-15-19-26-48(13-3)50-38-56-63-58(40-50)68(52-28-21-17-22-29-52,53-30-23-18-24-31-53)59-41-51(49(14-4)27-20-16-12-2)39-57-64(59)67(63)62-54(65(56)60-44(7)34-42(5)35-45(60)8)32-25-33-55(62)66(57)61-46(9)36-43(6)37-47(61)10/h17-18,21-25,28-41,48-49H,11-16,19-20,26-27H2,1-10H3. The Morgan fingerprint density at radius 1 is 0.426 bits per heavy atom. The van der Waals surface area contributed by atoms with Crippen LogP contribution >= 0.6 is 0 Å². The van der Waals surface area contributed by atoms with Crippen molar-refractivity contribution < 1.29 is 0 Å². The van der Waals surface area contributed by atoms with Gasteiger partial charge in [-0.25, -0.2) is 0 Å². The third kappa shape index (κ3) is 7.42. The number of aryl methyl sites for hydroxylation is 6. The fourth-order valence-electron chi connectivity index (χ4n) is 14.0. The molecule has 0 bridgehead atoms. The SMILES string of the molecule is CCCCCC(CC)c1cc2c3c(c1)[Si](c1ccccc1)(c1ccccc1)c1cc(C(CC)CCCCC)cc4c1N3c1c(cccc1B4c1c(C)cc(C)cc1C)B2c1c(C)cc(C)cc1C. The van der Waals surface area contributed by atoms with E-state index in [9.17, 15) is 0 Å². The molecule has 0 aromatic heterocycles. The first-order valence-corrected chi connectivity index (χ1v) is 28.6. The smallest absolute Gasteiger partial charge is 0.247 e. The Kier molecular flexibility index (Phi) is 12.9. The molecular formula is C64H73B2NSi. The van der Waals surface area contributed by atoms with E-state index in [1.165, 1.54) is 145 Å². The number of rotatable bonds is 16. The van der Waals surface area contributed by atoms with Crippen molar-refractivity contribution in [3.8, 4) is 0 Å². The Labute approximate surface area is 412 Å². The lowest BCUT2D eigenvalue weighted by Gasteiger charge is -2.53. The molecule has 1 nitrogen and oxygen atoms in total. The molecule has 0 radical (unpaired) electrons. The van der Waals surface area contributed by atoms with Crippen molar-refractivity contribution in [3.63, 3.8) is 0 Å². The van der Waals surface area contributed by atoms with E-state index in [4.69, 9.17) is 0 Å². The average molecular weight is 906 g/mol. The molecule has 0 saturated heterocycles. The molecule has 344 valence electrons. The summed E-state index contributed by atoms with van der Waals surface area (Å²) in [6.07, 6.45) is 12.3. The van der Waals surface area contributed by atoms with Crippen molar-refractivity contribution in [2.75, 3.05) is 4.90 Å². The van der Waals surface area contributed by atoms with E-state index >= 15 is 0 Å². The quantitative estimate of drug-likeness (QED) is 0.0690. The van der Waals surface area contributed by atoms with E-state index in [2.05, 4.69) is 202 Å². The highest BCUT2D eigenvalue weighted by molar-refractivity contribution is 7.22. The lowest BCUT2D eigenvalue weighted by Crippen LogP contribution is -2.81. The van der Waals surface area contributed by atoms with Gasteiger partial charge in [-0.3, -0.25) is 0 Å². The lowest BCUT2D eigenvalue weighted by molar-refractivity contribution is 0.554. The number of nitrogens with zero attached hydrogens (tertiary/aromatic N) is 1. The second-order valence-corrected chi connectivity index (χ2v) is 25.0. The minimum Gasteiger partial charge on any atom is -0.313 e. The largest absolute Gasteiger partial charge is 0.313 e. The Morgan fingerprint density at radius 2 is 0.824 bits per heavy atom. The van der Waals surface area contributed by atoms with E-state index in [0.717, 1.165) is 12.8 Å². The number of hydrogen-bond donors (Lipinski definition) is 0. The van der Waals surface area contributed by atoms with E-state index in [1.807, 2.05) is 0 Å². The van der Waals surface area contributed by atoms with Crippen molar-refractivity contribution in [2.45, 2.75) is 145 Å². The topological polar surface area (TPSA) is 3.24 Å². The molecule has 3 heterocycles. The van der Waals surface area contributed by atoms with Crippen LogP contribution in [-0.4, -0.2) is 21.5 Å². The first-order chi connectivity index (χ1) is 33.1. The van der Waals surface area contributed by atoms with Crippen LogP contribution in [0.25, 0.3) is 0 Å². The maximum Gasteiger partial charge on any atom is 0.247 e. The fraction of sp³-hybridized carbons (Fsp3) is 0.344. The first-order valence-electron chi connectivity index (χ1n) is 26.6. The summed E-state index contributed by atoms with van der Waals surface area (Å²) in [5.41, 5.74) is 24.6. The van der Waals surface area contributed by atoms with Gasteiger partial charge < -0.3 is 4.90 Å². The van der Waals surface area contributed by atoms with Crippen LogP contribution in [0.4, 0.5) is 17.1 Å². The highest BCUT2D eigenvalue weighted by Crippen LogP contribution is 2.43. The zero-order chi connectivity index (χ0) is 47.4. The highest BCUT2D eigenvalue weighted by Gasteiger charge is 2.56. The average Bonchev–Trinajstić information content (AvgIpc) is 3.33. The first kappa shape index (κ1) is 46.4. The maximum atomic E-state index is 2.88. The normalized spacial score (nSPS) is 14.8. The molecule has 2 atom stereocenters. The zero-order valence-electron chi connectivity index (χ0n) is 43.0. The third-order valence-corrected chi connectivity index (χ3v) is 21.6. The van der Waals surface area contributed by atoms with Gasteiger partial charge in [0.25, 0.3) is 0 Å². The molecule has 0 aliphatic carbocycles. The Hall–Kier alpha value is -5.31. The highest BCUT2D eigenvalue weighted by atomic mass is 28.3. The van der Waals surface area contributed by atoms with Crippen LogP contribution in [0.5, 0.6) is 0 Å². The second kappa shape index (κ2) is 18.9. The summed E-state index contributed by atoms with van der Waals surface area (Å²) < 4.78 is 0.